The van der Waals surface area contributed by atoms with Gasteiger partial charge in [0, 0.05) is 27.8 Å². The average molecular weight is 405 g/mol. The van der Waals surface area contributed by atoms with E-state index in [4.69, 9.17) is 9.47 Å². The van der Waals surface area contributed by atoms with Gasteiger partial charge in [-0.05, 0) is 69.3 Å². The Morgan fingerprint density at radius 3 is 2.20 bits per heavy atom. The number of nitrogens with one attached hydrogen (secondary N) is 1. The third-order valence-corrected chi connectivity index (χ3v) is 5.35. The topological polar surface area (TPSA) is 30.5 Å². The zero-order chi connectivity index (χ0) is 14.2. The summed E-state index contributed by atoms with van der Waals surface area (Å²) in [6.07, 6.45) is 4.11. The molecule has 0 aromatic heterocycles. The predicted molar refractivity (Wildman–Crippen MR) is 87.1 cm³/mol. The van der Waals surface area contributed by atoms with Crippen LogP contribution in [0.2, 0.25) is 0 Å². The molecule has 1 saturated carbocycles. The molecule has 2 fully saturated rings. The highest BCUT2D eigenvalue weighted by Gasteiger charge is 2.40. The number of hydrogen-bond donors (Lipinski definition) is 1. The Morgan fingerprint density at radius 2 is 1.65 bits per heavy atom. The van der Waals surface area contributed by atoms with Gasteiger partial charge in [0.1, 0.15) is 0 Å². The first-order valence-electron chi connectivity index (χ1n) is 7.08. The highest BCUT2D eigenvalue weighted by Crippen LogP contribution is 2.39. The minimum Gasteiger partial charge on any atom is -0.380 e. The number of anilines is 1. The van der Waals surface area contributed by atoms with Gasteiger partial charge in [-0.1, -0.05) is 0 Å². The monoisotopic (exact) mass is 403 g/mol. The van der Waals surface area contributed by atoms with Crippen molar-refractivity contribution >= 4 is 37.5 Å². The van der Waals surface area contributed by atoms with E-state index in [1.165, 1.54) is 5.56 Å². The molecule has 1 N–H and O–H groups in total. The second-order valence-electron chi connectivity index (χ2n) is 5.63. The number of halogens is 2. The number of ether oxygens (including phenoxy) is 2. The summed E-state index contributed by atoms with van der Waals surface area (Å²) < 4.78 is 13.8. The maximum Gasteiger partial charge on any atom is 0.168 e. The molecular formula is C15H19Br2NO2. The van der Waals surface area contributed by atoms with E-state index in [-0.39, 0.29) is 5.79 Å². The first-order valence-corrected chi connectivity index (χ1v) is 8.67. The number of hydrogen-bond acceptors (Lipinski definition) is 3. The van der Waals surface area contributed by atoms with Gasteiger partial charge in [0.15, 0.2) is 5.79 Å². The molecule has 1 aliphatic carbocycles. The highest BCUT2D eigenvalue weighted by molar-refractivity contribution is 9.11. The van der Waals surface area contributed by atoms with Gasteiger partial charge in [0.2, 0.25) is 0 Å². The normalized spacial score (nSPS) is 22.4. The van der Waals surface area contributed by atoms with Gasteiger partial charge >= 0.3 is 0 Å². The highest BCUT2D eigenvalue weighted by atomic mass is 79.9. The summed E-state index contributed by atoms with van der Waals surface area (Å²) in [7, 11) is 0. The maximum absolute atomic E-state index is 5.77. The van der Waals surface area contributed by atoms with E-state index in [0.717, 1.165) is 53.5 Å². The van der Waals surface area contributed by atoms with Crippen LogP contribution >= 0.6 is 31.9 Å². The van der Waals surface area contributed by atoms with Crippen molar-refractivity contribution in [3.8, 4) is 0 Å². The lowest BCUT2D eigenvalue weighted by Gasteiger charge is -2.36. The summed E-state index contributed by atoms with van der Waals surface area (Å²) in [6.45, 7) is 3.58. The van der Waals surface area contributed by atoms with Crippen LogP contribution in [0, 0.1) is 6.92 Å². The van der Waals surface area contributed by atoms with Gasteiger partial charge < -0.3 is 14.8 Å². The van der Waals surface area contributed by atoms with Crippen molar-refractivity contribution in [3.05, 3.63) is 26.6 Å². The van der Waals surface area contributed by atoms with Gasteiger partial charge in [-0.25, -0.2) is 0 Å². The average Bonchev–Trinajstić information content (AvgIpc) is 2.85. The molecule has 2 aliphatic rings. The van der Waals surface area contributed by atoms with Crippen molar-refractivity contribution in [2.75, 3.05) is 18.5 Å². The Bertz CT molecular complexity index is 468. The molecule has 0 radical (unpaired) electrons. The fourth-order valence-corrected chi connectivity index (χ4v) is 4.67. The van der Waals surface area contributed by atoms with Crippen molar-refractivity contribution in [1.82, 2.24) is 0 Å². The second kappa shape index (κ2) is 5.95. The van der Waals surface area contributed by atoms with Crippen molar-refractivity contribution in [2.45, 2.75) is 44.4 Å². The maximum atomic E-state index is 5.77. The van der Waals surface area contributed by atoms with Gasteiger partial charge in [-0.2, -0.15) is 0 Å². The lowest BCUT2D eigenvalue weighted by Crippen LogP contribution is -2.39. The van der Waals surface area contributed by atoms with Crippen LogP contribution in [0.25, 0.3) is 0 Å². The Labute approximate surface area is 136 Å². The molecule has 0 unspecified atom stereocenters. The molecule has 0 amide bonds. The SMILES string of the molecule is Cc1cc(Br)c(NC2CCC3(CC2)OCCO3)c(Br)c1. The molecular weight excluding hydrogens is 386 g/mol. The Hall–Kier alpha value is -0.100. The molecule has 1 aliphatic heterocycles. The molecule has 0 bridgehead atoms. The van der Waals surface area contributed by atoms with Gasteiger partial charge in [-0.15, -0.1) is 0 Å². The zero-order valence-electron chi connectivity index (χ0n) is 11.5. The van der Waals surface area contributed by atoms with Crippen molar-refractivity contribution in [2.24, 2.45) is 0 Å². The molecule has 3 rings (SSSR count). The number of aryl methyl sites for hydroxylation is 1. The smallest absolute Gasteiger partial charge is 0.168 e. The van der Waals surface area contributed by atoms with Crippen molar-refractivity contribution in [3.63, 3.8) is 0 Å². The Kier molecular flexibility index (Phi) is 4.41. The minimum atomic E-state index is -0.278. The van der Waals surface area contributed by atoms with Crippen LogP contribution in [0.3, 0.4) is 0 Å². The van der Waals surface area contributed by atoms with Gasteiger partial charge in [0.05, 0.1) is 18.9 Å². The summed E-state index contributed by atoms with van der Waals surface area (Å²) in [5.41, 5.74) is 2.38. The van der Waals surface area contributed by atoms with Crippen molar-refractivity contribution < 1.29 is 9.47 Å². The number of benzene rings is 1. The Morgan fingerprint density at radius 1 is 1.10 bits per heavy atom. The zero-order valence-corrected chi connectivity index (χ0v) is 14.7. The lowest BCUT2D eigenvalue weighted by molar-refractivity contribution is -0.177. The van der Waals surface area contributed by atoms with E-state index in [1.54, 1.807) is 0 Å². The molecule has 0 atom stereocenters. The quantitative estimate of drug-likeness (QED) is 0.780. The Balaban J connectivity index is 1.65. The summed E-state index contributed by atoms with van der Waals surface area (Å²) in [5.74, 6) is -0.278. The minimum absolute atomic E-state index is 0.278. The van der Waals surface area contributed by atoms with Gasteiger partial charge in [0.25, 0.3) is 0 Å². The fraction of sp³-hybridized carbons (Fsp3) is 0.600. The van der Waals surface area contributed by atoms with E-state index in [0.29, 0.717) is 6.04 Å². The first kappa shape index (κ1) is 14.8. The van der Waals surface area contributed by atoms with E-state index < -0.39 is 0 Å². The molecule has 1 spiro atoms. The van der Waals surface area contributed by atoms with Crippen LogP contribution in [0.4, 0.5) is 5.69 Å². The lowest BCUT2D eigenvalue weighted by atomic mass is 9.90. The summed E-state index contributed by atoms with van der Waals surface area (Å²) in [4.78, 5) is 0. The summed E-state index contributed by atoms with van der Waals surface area (Å²) in [5, 5.41) is 3.65. The predicted octanol–water partition coefficient (Wildman–Crippen LogP) is 4.62. The molecule has 1 heterocycles. The molecule has 1 aromatic rings. The molecule has 3 nitrogen and oxygen atoms in total. The number of rotatable bonds is 2. The van der Waals surface area contributed by atoms with Crippen LogP contribution in [0.1, 0.15) is 31.2 Å². The van der Waals surface area contributed by atoms with E-state index >= 15 is 0 Å². The first-order chi connectivity index (χ1) is 9.58. The van der Waals surface area contributed by atoms with E-state index in [2.05, 4.69) is 56.2 Å². The largest absolute Gasteiger partial charge is 0.380 e. The molecule has 110 valence electrons. The standard InChI is InChI=1S/C15H19Br2NO2/c1-10-8-12(16)14(13(17)9-10)18-11-2-4-15(5-3-11)19-6-7-20-15/h8-9,11,18H,2-7H2,1H3. The van der Waals surface area contributed by atoms with Crippen LogP contribution in [0.5, 0.6) is 0 Å². The molecule has 1 aromatic carbocycles. The summed E-state index contributed by atoms with van der Waals surface area (Å²) in [6, 6.07) is 4.75. The van der Waals surface area contributed by atoms with Gasteiger partial charge in [-0.3, -0.25) is 0 Å². The molecule has 20 heavy (non-hydrogen) atoms. The molecule has 5 heteroatoms. The van der Waals surface area contributed by atoms with Crippen LogP contribution in [0.15, 0.2) is 21.1 Å². The van der Waals surface area contributed by atoms with E-state index in [9.17, 15) is 0 Å². The second-order valence-corrected chi connectivity index (χ2v) is 7.34. The fourth-order valence-electron chi connectivity index (χ4n) is 3.03. The third kappa shape index (κ3) is 3.06. The summed E-state index contributed by atoms with van der Waals surface area (Å²) >= 11 is 7.29. The van der Waals surface area contributed by atoms with Crippen LogP contribution in [-0.4, -0.2) is 25.0 Å². The van der Waals surface area contributed by atoms with Crippen molar-refractivity contribution in [1.29, 1.82) is 0 Å². The van der Waals surface area contributed by atoms with E-state index in [1.807, 2.05) is 0 Å². The van der Waals surface area contributed by atoms with Crippen LogP contribution in [-0.2, 0) is 9.47 Å². The van der Waals surface area contributed by atoms with Crippen LogP contribution < -0.4 is 5.32 Å². The third-order valence-electron chi connectivity index (χ3n) is 4.10. The molecule has 1 saturated heterocycles.